The number of ketones is 1. The highest BCUT2D eigenvalue weighted by molar-refractivity contribution is 7.11. The Labute approximate surface area is 109 Å². The molecule has 0 saturated carbocycles. The topological polar surface area (TPSA) is 56.2 Å². The van der Waals surface area contributed by atoms with Gasteiger partial charge in [0.05, 0.1) is 12.3 Å². The van der Waals surface area contributed by atoms with Crippen molar-refractivity contribution in [2.24, 2.45) is 5.73 Å². The Balaban J connectivity index is 1.96. The summed E-state index contributed by atoms with van der Waals surface area (Å²) < 4.78 is 5.40. The zero-order chi connectivity index (χ0) is 12.5. The van der Waals surface area contributed by atoms with Crippen molar-refractivity contribution in [2.45, 2.75) is 18.4 Å². The van der Waals surface area contributed by atoms with Crippen LogP contribution in [0.5, 0.6) is 0 Å². The molecule has 2 atom stereocenters. The maximum Gasteiger partial charge on any atom is 0.173 e. The van der Waals surface area contributed by atoms with E-state index in [2.05, 4.69) is 0 Å². The molecule has 92 valence electrons. The second kappa shape index (κ2) is 4.55. The average molecular weight is 259 g/mol. The summed E-state index contributed by atoms with van der Waals surface area (Å²) >= 11 is 1.64. The fourth-order valence-corrected chi connectivity index (χ4v) is 3.06. The first-order chi connectivity index (χ1) is 8.75. The van der Waals surface area contributed by atoms with Crippen LogP contribution in [0.15, 0.2) is 46.4 Å². The van der Waals surface area contributed by atoms with Crippen LogP contribution in [0, 0.1) is 0 Å². The SMILES string of the molecule is NC1C(=O)C=C(c2cccs2)CC1c1ccco1. The Morgan fingerprint density at radius 1 is 1.33 bits per heavy atom. The molecule has 0 spiro atoms. The number of allylic oxidation sites excluding steroid dienone is 1. The molecule has 4 heteroatoms. The third-order valence-corrected chi connectivity index (χ3v) is 4.21. The minimum Gasteiger partial charge on any atom is -0.469 e. The second-order valence-electron chi connectivity index (χ2n) is 4.40. The van der Waals surface area contributed by atoms with Gasteiger partial charge < -0.3 is 10.2 Å². The van der Waals surface area contributed by atoms with Gasteiger partial charge in [0.25, 0.3) is 0 Å². The van der Waals surface area contributed by atoms with Crippen molar-refractivity contribution in [1.82, 2.24) is 0 Å². The highest BCUT2D eigenvalue weighted by Gasteiger charge is 2.32. The van der Waals surface area contributed by atoms with E-state index in [0.717, 1.165) is 22.6 Å². The molecule has 0 aliphatic heterocycles. The quantitative estimate of drug-likeness (QED) is 0.902. The van der Waals surface area contributed by atoms with Gasteiger partial charge in [0.2, 0.25) is 0 Å². The van der Waals surface area contributed by atoms with E-state index < -0.39 is 6.04 Å². The molecule has 2 aromatic rings. The molecule has 18 heavy (non-hydrogen) atoms. The zero-order valence-electron chi connectivity index (χ0n) is 9.71. The predicted molar refractivity (Wildman–Crippen MR) is 71.3 cm³/mol. The summed E-state index contributed by atoms with van der Waals surface area (Å²) in [5.74, 6) is 0.707. The van der Waals surface area contributed by atoms with E-state index in [1.807, 2.05) is 29.6 Å². The molecule has 2 aromatic heterocycles. The minimum absolute atomic E-state index is 0.0222. The average Bonchev–Trinajstić information content (AvgIpc) is 3.03. The Kier molecular flexibility index (Phi) is 2.89. The van der Waals surface area contributed by atoms with Crippen LogP contribution in [0.4, 0.5) is 0 Å². The Bertz CT molecular complexity index is 569. The van der Waals surface area contributed by atoms with Gasteiger partial charge in [-0.3, -0.25) is 4.79 Å². The van der Waals surface area contributed by atoms with Crippen molar-refractivity contribution in [3.63, 3.8) is 0 Å². The smallest absolute Gasteiger partial charge is 0.173 e. The fourth-order valence-electron chi connectivity index (χ4n) is 2.30. The maximum absolute atomic E-state index is 12.0. The van der Waals surface area contributed by atoms with Gasteiger partial charge in [-0.2, -0.15) is 0 Å². The maximum atomic E-state index is 12.0. The summed E-state index contributed by atoms with van der Waals surface area (Å²) in [4.78, 5) is 13.1. The predicted octanol–water partition coefficient (Wildman–Crippen LogP) is 2.81. The number of nitrogens with two attached hydrogens (primary N) is 1. The van der Waals surface area contributed by atoms with Crippen LogP contribution in [-0.2, 0) is 4.79 Å². The molecule has 2 heterocycles. The summed E-state index contributed by atoms with van der Waals surface area (Å²) in [5.41, 5.74) is 7.03. The molecule has 3 rings (SSSR count). The third kappa shape index (κ3) is 1.94. The van der Waals surface area contributed by atoms with Crippen molar-refractivity contribution in [1.29, 1.82) is 0 Å². The van der Waals surface area contributed by atoms with Crippen LogP contribution in [0.25, 0.3) is 5.57 Å². The minimum atomic E-state index is -0.500. The first kappa shape index (κ1) is 11.4. The normalized spacial score (nSPS) is 24.1. The largest absolute Gasteiger partial charge is 0.469 e. The van der Waals surface area contributed by atoms with Crippen LogP contribution in [0.2, 0.25) is 0 Å². The van der Waals surface area contributed by atoms with E-state index in [4.69, 9.17) is 10.2 Å². The van der Waals surface area contributed by atoms with E-state index in [1.165, 1.54) is 0 Å². The monoisotopic (exact) mass is 259 g/mol. The lowest BCUT2D eigenvalue weighted by molar-refractivity contribution is -0.116. The van der Waals surface area contributed by atoms with Crippen molar-refractivity contribution in [3.05, 3.63) is 52.6 Å². The van der Waals surface area contributed by atoms with E-state index in [0.29, 0.717) is 0 Å². The van der Waals surface area contributed by atoms with E-state index in [-0.39, 0.29) is 11.7 Å². The molecule has 0 aromatic carbocycles. The number of carbonyl (C=O) groups is 1. The van der Waals surface area contributed by atoms with Crippen LogP contribution in [0.1, 0.15) is 23.0 Å². The molecule has 0 fully saturated rings. The number of hydrogen-bond acceptors (Lipinski definition) is 4. The van der Waals surface area contributed by atoms with Gasteiger partial charge in [-0.25, -0.2) is 0 Å². The van der Waals surface area contributed by atoms with Gasteiger partial charge in [0, 0.05) is 10.8 Å². The van der Waals surface area contributed by atoms with Gasteiger partial charge in [-0.05, 0) is 41.6 Å². The van der Waals surface area contributed by atoms with Crippen molar-refractivity contribution >= 4 is 22.7 Å². The summed E-state index contributed by atoms with van der Waals surface area (Å²) in [6.45, 7) is 0. The highest BCUT2D eigenvalue weighted by atomic mass is 32.1. The van der Waals surface area contributed by atoms with Gasteiger partial charge in [0.1, 0.15) is 5.76 Å². The first-order valence-electron chi connectivity index (χ1n) is 5.83. The molecule has 1 aliphatic rings. The lowest BCUT2D eigenvalue weighted by Crippen LogP contribution is -2.38. The van der Waals surface area contributed by atoms with Gasteiger partial charge in [-0.1, -0.05) is 6.07 Å². The van der Waals surface area contributed by atoms with Gasteiger partial charge >= 0.3 is 0 Å². The summed E-state index contributed by atoms with van der Waals surface area (Å²) in [5, 5.41) is 2.01. The summed E-state index contributed by atoms with van der Waals surface area (Å²) in [6.07, 6.45) is 4.05. The van der Waals surface area contributed by atoms with Crippen LogP contribution >= 0.6 is 11.3 Å². The lowest BCUT2D eigenvalue weighted by Gasteiger charge is -2.25. The number of furan rings is 1. The third-order valence-electron chi connectivity index (χ3n) is 3.26. The number of hydrogen-bond donors (Lipinski definition) is 1. The van der Waals surface area contributed by atoms with E-state index >= 15 is 0 Å². The van der Waals surface area contributed by atoms with Gasteiger partial charge in [0.15, 0.2) is 5.78 Å². The zero-order valence-corrected chi connectivity index (χ0v) is 10.5. The van der Waals surface area contributed by atoms with Crippen LogP contribution < -0.4 is 5.73 Å². The molecule has 0 saturated heterocycles. The van der Waals surface area contributed by atoms with Crippen LogP contribution in [0.3, 0.4) is 0 Å². The Hall–Kier alpha value is -1.65. The van der Waals surface area contributed by atoms with E-state index in [9.17, 15) is 4.79 Å². The standard InChI is InChI=1S/C14H13NO2S/c15-14-10(12-3-1-5-17-12)7-9(8-11(14)16)13-4-2-6-18-13/h1-6,8,10,14H,7,15H2. The number of carbonyl (C=O) groups excluding carboxylic acids is 1. The molecule has 0 radical (unpaired) electrons. The second-order valence-corrected chi connectivity index (χ2v) is 5.35. The Morgan fingerprint density at radius 3 is 2.89 bits per heavy atom. The lowest BCUT2D eigenvalue weighted by atomic mass is 9.82. The van der Waals surface area contributed by atoms with Crippen molar-refractivity contribution in [3.8, 4) is 0 Å². The number of rotatable bonds is 2. The molecule has 2 unspecified atom stereocenters. The van der Waals surface area contributed by atoms with Crippen molar-refractivity contribution < 1.29 is 9.21 Å². The molecule has 2 N–H and O–H groups in total. The molecule has 1 aliphatic carbocycles. The van der Waals surface area contributed by atoms with Crippen LogP contribution in [-0.4, -0.2) is 11.8 Å². The molecular formula is C14H13NO2S. The molecule has 3 nitrogen and oxygen atoms in total. The first-order valence-corrected chi connectivity index (χ1v) is 6.71. The summed E-state index contributed by atoms with van der Waals surface area (Å²) in [7, 11) is 0. The van der Waals surface area contributed by atoms with Gasteiger partial charge in [-0.15, -0.1) is 11.3 Å². The van der Waals surface area contributed by atoms with E-state index in [1.54, 1.807) is 23.7 Å². The molecule has 0 amide bonds. The summed E-state index contributed by atoms with van der Waals surface area (Å²) in [6, 6.07) is 7.23. The van der Waals surface area contributed by atoms with Crippen molar-refractivity contribution in [2.75, 3.05) is 0 Å². The number of thiophene rings is 1. The Morgan fingerprint density at radius 2 is 2.22 bits per heavy atom. The highest BCUT2D eigenvalue weighted by Crippen LogP contribution is 2.36. The molecule has 0 bridgehead atoms. The molecular weight excluding hydrogens is 246 g/mol. The fraction of sp³-hybridized carbons (Fsp3) is 0.214.